The predicted octanol–water partition coefficient (Wildman–Crippen LogP) is -1.03. The lowest BCUT2D eigenvalue weighted by molar-refractivity contribution is -0.308. The van der Waals surface area contributed by atoms with Crippen LogP contribution in [0.1, 0.15) is 5.56 Å². The van der Waals surface area contributed by atoms with Crippen LogP contribution in [-0.2, 0) is 25.5 Å². The second-order valence-electron chi connectivity index (χ2n) is 5.39. The number of H-pyrrole nitrogens is 1. The first kappa shape index (κ1) is 18.9. The zero-order chi connectivity index (χ0) is 18.1. The molecular weight excluding hydrogens is 328 g/mol. The van der Waals surface area contributed by atoms with E-state index in [0.717, 1.165) is 16.5 Å². The minimum Gasteiger partial charge on any atom is -0.548 e. The summed E-state index contributed by atoms with van der Waals surface area (Å²) in [6.07, 6.45) is 1.83. The predicted molar refractivity (Wildman–Crippen MR) is 87.7 cm³/mol. The van der Waals surface area contributed by atoms with Crippen LogP contribution in [0.3, 0.4) is 0 Å². The molecule has 1 aromatic carbocycles. The highest BCUT2D eigenvalue weighted by atomic mass is 16.5. The zero-order valence-electron chi connectivity index (χ0n) is 13.7. The average Bonchev–Trinajstić information content (AvgIpc) is 3.00. The summed E-state index contributed by atoms with van der Waals surface area (Å²) in [5, 5.41) is 23.2. The van der Waals surface area contributed by atoms with E-state index < -0.39 is 17.9 Å². The Morgan fingerprint density at radius 1 is 1.20 bits per heavy atom. The van der Waals surface area contributed by atoms with Gasteiger partial charge in [0.1, 0.15) is 6.61 Å². The molecule has 0 spiro atoms. The number of aliphatic hydroxyl groups excluding tert-OH is 1. The number of carboxylic acids is 1. The molecule has 2 rings (SSSR count). The first-order valence-corrected chi connectivity index (χ1v) is 7.93. The van der Waals surface area contributed by atoms with Gasteiger partial charge in [0.2, 0.25) is 5.91 Å². The Morgan fingerprint density at radius 2 is 1.96 bits per heavy atom. The van der Waals surface area contributed by atoms with E-state index in [9.17, 15) is 14.7 Å². The van der Waals surface area contributed by atoms with Crippen molar-refractivity contribution in [2.24, 2.45) is 0 Å². The number of nitrogens with one attached hydrogen (secondary N) is 2. The molecule has 0 aliphatic carbocycles. The third-order valence-electron chi connectivity index (χ3n) is 3.56. The van der Waals surface area contributed by atoms with Crippen molar-refractivity contribution in [3.05, 3.63) is 36.0 Å². The van der Waals surface area contributed by atoms with E-state index in [0.29, 0.717) is 0 Å². The fourth-order valence-electron chi connectivity index (χ4n) is 2.40. The molecule has 3 N–H and O–H groups in total. The van der Waals surface area contributed by atoms with Gasteiger partial charge in [-0.25, -0.2) is 0 Å². The number of hydrogen-bond acceptors (Lipinski definition) is 6. The van der Waals surface area contributed by atoms with Gasteiger partial charge < -0.3 is 34.8 Å². The second kappa shape index (κ2) is 9.77. The van der Waals surface area contributed by atoms with Crippen LogP contribution in [0.2, 0.25) is 0 Å². The largest absolute Gasteiger partial charge is 0.548 e. The molecule has 8 heteroatoms. The number of amides is 1. The van der Waals surface area contributed by atoms with Crippen LogP contribution in [-0.4, -0.2) is 61.0 Å². The Kier molecular flexibility index (Phi) is 7.39. The molecule has 1 atom stereocenters. The van der Waals surface area contributed by atoms with Crippen molar-refractivity contribution in [1.82, 2.24) is 10.3 Å². The number of fused-ring (bicyclic) bond motifs is 1. The molecular formula is C17H21N2O6-. The maximum atomic E-state index is 11.8. The number of carboxylic acid groups (broad SMARTS) is 1. The first-order valence-electron chi connectivity index (χ1n) is 7.93. The lowest BCUT2D eigenvalue weighted by atomic mass is 10.1. The number of aliphatic carboxylic acids is 1. The first-order chi connectivity index (χ1) is 12.1. The summed E-state index contributed by atoms with van der Waals surface area (Å²) >= 11 is 0. The molecule has 2 aromatic rings. The van der Waals surface area contributed by atoms with Crippen LogP contribution in [0.4, 0.5) is 0 Å². The molecule has 136 valence electrons. The number of para-hydroxylation sites is 1. The lowest BCUT2D eigenvalue weighted by Gasteiger charge is -2.19. The Labute approximate surface area is 144 Å². The van der Waals surface area contributed by atoms with E-state index in [1.165, 1.54) is 0 Å². The highest BCUT2D eigenvalue weighted by Gasteiger charge is 2.16. The van der Waals surface area contributed by atoms with Crippen LogP contribution in [0.5, 0.6) is 0 Å². The smallest absolute Gasteiger partial charge is 0.246 e. The van der Waals surface area contributed by atoms with Gasteiger partial charge >= 0.3 is 0 Å². The van der Waals surface area contributed by atoms with Crippen LogP contribution >= 0.6 is 0 Å². The minimum atomic E-state index is -1.36. The molecule has 1 amide bonds. The Bertz CT molecular complexity index is 699. The second-order valence-corrected chi connectivity index (χ2v) is 5.39. The van der Waals surface area contributed by atoms with Crippen molar-refractivity contribution >= 4 is 22.8 Å². The molecule has 0 bridgehead atoms. The van der Waals surface area contributed by atoms with Gasteiger partial charge in [0, 0.05) is 23.5 Å². The summed E-state index contributed by atoms with van der Waals surface area (Å²) in [7, 11) is 0. The van der Waals surface area contributed by atoms with E-state index in [4.69, 9.17) is 14.6 Å². The van der Waals surface area contributed by atoms with Crippen molar-refractivity contribution in [1.29, 1.82) is 0 Å². The number of aliphatic hydroxyl groups is 1. The monoisotopic (exact) mass is 349 g/mol. The molecule has 0 radical (unpaired) electrons. The fourth-order valence-corrected chi connectivity index (χ4v) is 2.40. The van der Waals surface area contributed by atoms with E-state index in [-0.39, 0.29) is 39.5 Å². The Balaban J connectivity index is 1.84. The Hall–Kier alpha value is -2.42. The molecule has 0 aliphatic rings. The van der Waals surface area contributed by atoms with Crippen LogP contribution < -0.4 is 10.4 Å². The van der Waals surface area contributed by atoms with Crippen molar-refractivity contribution in [2.45, 2.75) is 12.5 Å². The third kappa shape index (κ3) is 5.86. The number of benzene rings is 1. The quantitative estimate of drug-likeness (QED) is 0.446. The number of aromatic nitrogens is 1. The van der Waals surface area contributed by atoms with E-state index in [1.807, 2.05) is 24.3 Å². The maximum absolute atomic E-state index is 11.8. The van der Waals surface area contributed by atoms with Gasteiger partial charge in [-0.05, 0) is 11.6 Å². The lowest BCUT2D eigenvalue weighted by Crippen LogP contribution is -2.50. The Morgan fingerprint density at radius 3 is 2.72 bits per heavy atom. The van der Waals surface area contributed by atoms with Crippen LogP contribution in [0.25, 0.3) is 10.9 Å². The highest BCUT2D eigenvalue weighted by molar-refractivity contribution is 5.86. The minimum absolute atomic E-state index is 0.0817. The summed E-state index contributed by atoms with van der Waals surface area (Å²) in [6, 6.07) is 6.35. The summed E-state index contributed by atoms with van der Waals surface area (Å²) in [5.41, 5.74) is 1.68. The molecule has 1 aromatic heterocycles. The van der Waals surface area contributed by atoms with Crippen molar-refractivity contribution < 1.29 is 29.3 Å². The molecule has 25 heavy (non-hydrogen) atoms. The number of hydrogen-bond donors (Lipinski definition) is 3. The van der Waals surface area contributed by atoms with Crippen molar-refractivity contribution in [3.8, 4) is 0 Å². The van der Waals surface area contributed by atoms with E-state index in [1.54, 1.807) is 6.20 Å². The van der Waals surface area contributed by atoms with Gasteiger partial charge in [-0.2, -0.15) is 0 Å². The average molecular weight is 349 g/mol. The standard InChI is InChI=1S/C17H22N2O6/c20-5-6-24-7-8-25-11-16(21)19-15(17(22)23)9-12-10-18-14-4-2-1-3-13(12)14/h1-4,10,15,18,20H,5-9,11H2,(H,19,21)(H,22,23)/p-1. The number of carbonyl (C=O) groups excluding carboxylic acids is 2. The fraction of sp³-hybridized carbons (Fsp3) is 0.412. The van der Waals surface area contributed by atoms with Gasteiger partial charge in [-0.15, -0.1) is 0 Å². The highest BCUT2D eigenvalue weighted by Crippen LogP contribution is 2.19. The molecule has 8 nitrogen and oxygen atoms in total. The molecule has 0 saturated heterocycles. The third-order valence-corrected chi connectivity index (χ3v) is 3.56. The number of aromatic amines is 1. The van der Waals surface area contributed by atoms with Crippen LogP contribution in [0.15, 0.2) is 30.5 Å². The van der Waals surface area contributed by atoms with Crippen molar-refractivity contribution in [2.75, 3.05) is 33.0 Å². The summed E-state index contributed by atoms with van der Waals surface area (Å²) in [6.45, 7) is 0.258. The molecule has 0 fully saturated rings. The van der Waals surface area contributed by atoms with Crippen LogP contribution in [0, 0.1) is 0 Å². The summed E-state index contributed by atoms with van der Waals surface area (Å²) in [4.78, 5) is 26.2. The summed E-state index contributed by atoms with van der Waals surface area (Å²) < 4.78 is 10.1. The van der Waals surface area contributed by atoms with Gasteiger partial charge in [0.05, 0.1) is 38.4 Å². The number of carbonyl (C=O) groups is 2. The van der Waals surface area contributed by atoms with Gasteiger partial charge in [-0.3, -0.25) is 4.79 Å². The SMILES string of the molecule is O=C(COCCOCCO)NC(Cc1c[nH]c2ccccc12)C(=O)[O-]. The molecule has 0 aliphatic heterocycles. The van der Waals surface area contributed by atoms with Gasteiger partial charge in [0.25, 0.3) is 0 Å². The van der Waals surface area contributed by atoms with Crippen molar-refractivity contribution in [3.63, 3.8) is 0 Å². The molecule has 1 heterocycles. The number of rotatable bonds is 11. The van der Waals surface area contributed by atoms with E-state index >= 15 is 0 Å². The molecule has 0 saturated carbocycles. The topological polar surface area (TPSA) is 124 Å². The molecule has 1 unspecified atom stereocenters. The van der Waals surface area contributed by atoms with Gasteiger partial charge in [-0.1, -0.05) is 18.2 Å². The van der Waals surface area contributed by atoms with E-state index in [2.05, 4.69) is 10.3 Å². The maximum Gasteiger partial charge on any atom is 0.246 e. The van der Waals surface area contributed by atoms with Gasteiger partial charge in [0.15, 0.2) is 0 Å². The normalized spacial score (nSPS) is 12.2. The zero-order valence-corrected chi connectivity index (χ0v) is 13.7. The number of ether oxygens (including phenoxy) is 2. The summed E-state index contributed by atoms with van der Waals surface area (Å²) in [5.74, 6) is -1.90.